The molecule has 1 aliphatic heterocycles. The number of aryl methyl sites for hydroxylation is 1. The Morgan fingerprint density at radius 1 is 1.32 bits per heavy atom. The third kappa shape index (κ3) is 3.08. The van der Waals surface area contributed by atoms with Gasteiger partial charge in [-0.15, -0.1) is 0 Å². The molecular formula is C18H17N3O4. The van der Waals surface area contributed by atoms with Gasteiger partial charge in [0, 0.05) is 18.1 Å². The average molecular weight is 339 g/mol. The van der Waals surface area contributed by atoms with E-state index in [0.717, 1.165) is 0 Å². The summed E-state index contributed by atoms with van der Waals surface area (Å²) < 4.78 is 11.7. The van der Waals surface area contributed by atoms with Crippen molar-refractivity contribution in [2.45, 2.75) is 20.8 Å². The molecule has 0 spiro atoms. The number of esters is 1. The van der Waals surface area contributed by atoms with Crippen molar-refractivity contribution in [3.8, 4) is 5.75 Å². The molecule has 128 valence electrons. The molecule has 1 aromatic carbocycles. The van der Waals surface area contributed by atoms with Gasteiger partial charge in [-0.3, -0.25) is 4.79 Å². The van der Waals surface area contributed by atoms with Crippen LogP contribution in [0.2, 0.25) is 0 Å². The van der Waals surface area contributed by atoms with Gasteiger partial charge in [-0.2, -0.15) is 5.10 Å². The highest BCUT2D eigenvalue weighted by atomic mass is 16.6. The monoisotopic (exact) mass is 339 g/mol. The summed E-state index contributed by atoms with van der Waals surface area (Å²) in [6.45, 7) is 4.96. The number of ether oxygens (including phenoxy) is 2. The number of carbonyl (C=O) groups excluding carboxylic acids is 2. The summed E-state index contributed by atoms with van der Waals surface area (Å²) >= 11 is 0. The van der Waals surface area contributed by atoms with Crippen molar-refractivity contribution in [1.29, 1.82) is 0 Å². The van der Waals surface area contributed by atoms with Crippen molar-refractivity contribution in [1.82, 2.24) is 9.78 Å². The summed E-state index contributed by atoms with van der Waals surface area (Å²) in [5.74, 6) is 0.111. The van der Waals surface area contributed by atoms with E-state index >= 15 is 0 Å². The van der Waals surface area contributed by atoms with Crippen LogP contribution in [0.25, 0.3) is 6.08 Å². The van der Waals surface area contributed by atoms with Crippen LogP contribution in [0.5, 0.6) is 5.75 Å². The Hall–Kier alpha value is -3.22. The quantitative estimate of drug-likeness (QED) is 0.634. The predicted octanol–water partition coefficient (Wildman–Crippen LogP) is 2.51. The Morgan fingerprint density at radius 2 is 2.08 bits per heavy atom. The Labute approximate surface area is 144 Å². The van der Waals surface area contributed by atoms with Gasteiger partial charge in [0.25, 0.3) is 0 Å². The maximum atomic E-state index is 12.1. The summed E-state index contributed by atoms with van der Waals surface area (Å²) in [4.78, 5) is 28.0. The van der Waals surface area contributed by atoms with Gasteiger partial charge in [0.1, 0.15) is 5.75 Å². The van der Waals surface area contributed by atoms with E-state index in [2.05, 4.69) is 10.1 Å². The third-order valence-corrected chi connectivity index (χ3v) is 3.86. The number of benzene rings is 1. The van der Waals surface area contributed by atoms with Crippen molar-refractivity contribution >= 4 is 23.9 Å². The fourth-order valence-corrected chi connectivity index (χ4v) is 2.60. The molecule has 3 rings (SSSR count). The number of aliphatic imine (C=N–C) groups is 1. The average Bonchev–Trinajstić information content (AvgIpc) is 3.10. The van der Waals surface area contributed by atoms with E-state index in [1.54, 1.807) is 51.3 Å². The van der Waals surface area contributed by atoms with E-state index in [1.165, 1.54) is 11.6 Å². The molecule has 0 saturated carbocycles. The van der Waals surface area contributed by atoms with Crippen LogP contribution in [-0.4, -0.2) is 34.7 Å². The van der Waals surface area contributed by atoms with Gasteiger partial charge >= 0.3 is 5.97 Å². The highest BCUT2D eigenvalue weighted by molar-refractivity contribution is 6.13. The molecule has 7 heteroatoms. The molecule has 2 aromatic rings. The van der Waals surface area contributed by atoms with Crippen LogP contribution < -0.4 is 4.74 Å². The van der Waals surface area contributed by atoms with Gasteiger partial charge in [-0.05, 0) is 38.1 Å². The number of hydrogen-bond donors (Lipinski definition) is 0. The molecule has 7 nitrogen and oxygen atoms in total. The number of methoxy groups -OCH3 is 1. The molecule has 0 aliphatic carbocycles. The first-order valence-corrected chi connectivity index (χ1v) is 7.65. The van der Waals surface area contributed by atoms with Crippen molar-refractivity contribution in [3.05, 3.63) is 52.5 Å². The summed E-state index contributed by atoms with van der Waals surface area (Å²) in [6.07, 6.45) is 1.59. The van der Waals surface area contributed by atoms with Gasteiger partial charge in [-0.25, -0.2) is 14.5 Å². The number of carbonyl (C=O) groups is 2. The van der Waals surface area contributed by atoms with Crippen LogP contribution in [0.4, 0.5) is 0 Å². The number of hydrogen-bond acceptors (Lipinski definition) is 6. The lowest BCUT2D eigenvalue weighted by Crippen LogP contribution is -2.09. The maximum absolute atomic E-state index is 12.1. The molecule has 1 aliphatic rings. The van der Waals surface area contributed by atoms with E-state index in [0.29, 0.717) is 28.3 Å². The normalized spacial score (nSPS) is 15.3. The largest absolute Gasteiger partial charge is 0.497 e. The van der Waals surface area contributed by atoms with E-state index in [9.17, 15) is 9.59 Å². The number of nitrogens with zero attached hydrogens (tertiary/aromatic N) is 3. The van der Waals surface area contributed by atoms with Crippen molar-refractivity contribution in [3.63, 3.8) is 0 Å². The minimum atomic E-state index is -0.549. The molecule has 0 amide bonds. The molecule has 1 aromatic heterocycles. The van der Waals surface area contributed by atoms with Crippen molar-refractivity contribution in [2.75, 3.05) is 7.11 Å². The lowest BCUT2D eigenvalue weighted by atomic mass is 10.1. The Bertz CT molecular complexity index is 938. The molecule has 0 radical (unpaired) electrons. The van der Waals surface area contributed by atoms with Gasteiger partial charge in [0.15, 0.2) is 5.70 Å². The summed E-state index contributed by atoms with van der Waals surface area (Å²) in [6, 6.07) is 7.10. The highest BCUT2D eigenvalue weighted by Crippen LogP contribution is 2.23. The van der Waals surface area contributed by atoms with E-state index in [1.807, 2.05) is 0 Å². The smallest absolute Gasteiger partial charge is 0.363 e. The van der Waals surface area contributed by atoms with E-state index in [4.69, 9.17) is 9.47 Å². The standard InChI is InChI=1S/C18H17N3O4/c1-10-15(11(2)21(20-10)12(3)22)9-16-18(23)25-17(19-16)13-6-5-7-14(8-13)24-4/h5-9H,1-4H3/b16-9+. The van der Waals surface area contributed by atoms with Crippen LogP contribution in [0.15, 0.2) is 35.0 Å². The minimum Gasteiger partial charge on any atom is -0.497 e. The summed E-state index contributed by atoms with van der Waals surface area (Å²) in [5, 5.41) is 4.18. The maximum Gasteiger partial charge on any atom is 0.363 e. The first kappa shape index (κ1) is 16.6. The predicted molar refractivity (Wildman–Crippen MR) is 91.6 cm³/mol. The van der Waals surface area contributed by atoms with Crippen molar-refractivity contribution in [2.24, 2.45) is 4.99 Å². The first-order valence-electron chi connectivity index (χ1n) is 7.65. The number of aromatic nitrogens is 2. The molecular weight excluding hydrogens is 322 g/mol. The second-order valence-electron chi connectivity index (χ2n) is 5.58. The third-order valence-electron chi connectivity index (χ3n) is 3.86. The molecule has 0 unspecified atom stereocenters. The van der Waals surface area contributed by atoms with E-state index < -0.39 is 5.97 Å². The van der Waals surface area contributed by atoms with Crippen LogP contribution in [-0.2, 0) is 9.53 Å². The zero-order valence-corrected chi connectivity index (χ0v) is 14.4. The summed E-state index contributed by atoms with van der Waals surface area (Å²) in [7, 11) is 1.56. The zero-order valence-electron chi connectivity index (χ0n) is 14.4. The summed E-state index contributed by atoms with van der Waals surface area (Å²) in [5.41, 5.74) is 2.77. The van der Waals surface area contributed by atoms with Gasteiger partial charge in [-0.1, -0.05) is 6.07 Å². The SMILES string of the molecule is COc1cccc(C2=N/C(=C/c3c(C)nn(C(C)=O)c3C)C(=O)O2)c1. The van der Waals surface area contributed by atoms with E-state index in [-0.39, 0.29) is 17.5 Å². The number of cyclic esters (lactones) is 1. The number of rotatable bonds is 3. The van der Waals surface area contributed by atoms with Crippen LogP contribution >= 0.6 is 0 Å². The second kappa shape index (κ2) is 6.35. The molecule has 0 saturated heterocycles. The minimum absolute atomic E-state index is 0.159. The first-order chi connectivity index (χ1) is 11.9. The Balaban J connectivity index is 2.00. The fraction of sp³-hybridized carbons (Fsp3) is 0.222. The lowest BCUT2D eigenvalue weighted by molar-refractivity contribution is -0.129. The lowest BCUT2D eigenvalue weighted by Gasteiger charge is -2.02. The van der Waals surface area contributed by atoms with Gasteiger partial charge in [0.2, 0.25) is 11.8 Å². The molecule has 25 heavy (non-hydrogen) atoms. The topological polar surface area (TPSA) is 82.8 Å². The second-order valence-corrected chi connectivity index (χ2v) is 5.58. The molecule has 0 fully saturated rings. The van der Waals surface area contributed by atoms with Gasteiger partial charge in [0.05, 0.1) is 18.5 Å². The van der Waals surface area contributed by atoms with Crippen LogP contribution in [0.1, 0.15) is 34.2 Å². The zero-order chi connectivity index (χ0) is 18.1. The van der Waals surface area contributed by atoms with Gasteiger partial charge < -0.3 is 9.47 Å². The van der Waals surface area contributed by atoms with Crippen molar-refractivity contribution < 1.29 is 19.1 Å². The Kier molecular flexibility index (Phi) is 4.22. The molecule has 2 heterocycles. The molecule has 0 bridgehead atoms. The Morgan fingerprint density at radius 3 is 2.72 bits per heavy atom. The van der Waals surface area contributed by atoms with Crippen LogP contribution in [0.3, 0.4) is 0 Å². The fourth-order valence-electron chi connectivity index (χ4n) is 2.60. The molecule has 0 N–H and O–H groups in total. The van der Waals surface area contributed by atoms with Crippen LogP contribution in [0, 0.1) is 13.8 Å². The highest BCUT2D eigenvalue weighted by Gasteiger charge is 2.25. The molecule has 0 atom stereocenters.